The summed E-state index contributed by atoms with van der Waals surface area (Å²) in [6.07, 6.45) is 0.495. The van der Waals surface area contributed by atoms with E-state index in [0.29, 0.717) is 36.5 Å². The minimum Gasteiger partial charge on any atom is -0.481 e. The fraction of sp³-hybridized carbons (Fsp3) is 0.634. The second-order valence-electron chi connectivity index (χ2n) is 15.5. The minimum absolute atomic E-state index is 0.0364. The van der Waals surface area contributed by atoms with Gasteiger partial charge in [-0.1, -0.05) is 53.2 Å². The molecule has 0 saturated carbocycles. The van der Waals surface area contributed by atoms with E-state index in [1.165, 1.54) is 5.38 Å². The Balaban J connectivity index is 1.88. The maximum atomic E-state index is 14.4. The molecule has 0 spiro atoms. The van der Waals surface area contributed by atoms with Gasteiger partial charge in [0, 0.05) is 45.9 Å². The molecular formula is C41H64N8O8S. The van der Waals surface area contributed by atoms with Crippen molar-refractivity contribution in [2.45, 2.75) is 117 Å². The molecule has 0 aliphatic carbocycles. The van der Waals surface area contributed by atoms with Crippen LogP contribution in [0.2, 0.25) is 0 Å². The number of anilines is 1. The number of hydrogen-bond donors (Lipinski definition) is 6. The summed E-state index contributed by atoms with van der Waals surface area (Å²) in [4.78, 5) is 86.3. The summed E-state index contributed by atoms with van der Waals surface area (Å²) in [5, 5.41) is 22.7. The number of hydrogen-bond acceptors (Lipinski definition) is 11. The van der Waals surface area contributed by atoms with Crippen molar-refractivity contribution in [3.63, 3.8) is 0 Å². The van der Waals surface area contributed by atoms with E-state index in [0.717, 1.165) is 16.9 Å². The number of carboxylic acids is 1. The number of rotatable bonds is 21. The lowest BCUT2D eigenvalue weighted by Crippen LogP contribution is -2.60. The van der Waals surface area contributed by atoms with E-state index in [-0.39, 0.29) is 75.6 Å². The lowest BCUT2D eigenvalue weighted by atomic mass is 9.91. The Morgan fingerprint density at radius 3 is 2.38 bits per heavy atom. The normalized spacial score (nSPS) is 19.1. The zero-order valence-corrected chi connectivity index (χ0v) is 35.7. The van der Waals surface area contributed by atoms with Gasteiger partial charge in [0.25, 0.3) is 5.91 Å². The number of amides is 5. The summed E-state index contributed by atoms with van der Waals surface area (Å²) >= 11 is 1.11. The molecule has 1 aromatic heterocycles. The van der Waals surface area contributed by atoms with Crippen molar-refractivity contribution in [2.75, 3.05) is 39.0 Å². The number of carboxylic acid groups (broad SMARTS) is 1. The highest BCUT2D eigenvalue weighted by Gasteiger charge is 2.44. The number of thiazole rings is 1. The molecule has 1 saturated heterocycles. The van der Waals surface area contributed by atoms with Crippen LogP contribution in [0.1, 0.15) is 110 Å². The molecule has 2 aromatic rings. The highest BCUT2D eigenvalue weighted by Crippen LogP contribution is 2.32. The molecule has 0 bridgehead atoms. The van der Waals surface area contributed by atoms with Crippen LogP contribution in [0.4, 0.5) is 10.5 Å². The molecule has 322 valence electrons. The average molecular weight is 831 g/mol. The SMILES string of the molecule is [2H]CN1CCC[C@@]1(C[2H])C(=O)N[C@H](C(=O)N(C)[C@H](C[C@@H](OC(=O)NCC)c1nc(C(=O)N[C@@H](Cc2ccc(NC(=O)CN)cc2)C[C@H](C)C(=O)O)cs1)C(C)C)[C@@H](C)CC. The number of aromatic nitrogens is 1. The van der Waals surface area contributed by atoms with Crippen LogP contribution in [-0.2, 0) is 30.3 Å². The van der Waals surface area contributed by atoms with E-state index >= 15 is 0 Å². The van der Waals surface area contributed by atoms with E-state index < -0.39 is 59.6 Å². The Bertz CT molecular complexity index is 1770. The molecule has 1 aliphatic rings. The third kappa shape index (κ3) is 12.9. The summed E-state index contributed by atoms with van der Waals surface area (Å²) in [5.74, 6) is -3.91. The van der Waals surface area contributed by atoms with Crippen molar-refractivity contribution in [3.05, 3.63) is 45.9 Å². The van der Waals surface area contributed by atoms with Crippen LogP contribution in [-0.4, -0.2) is 113 Å². The van der Waals surface area contributed by atoms with E-state index in [1.54, 1.807) is 55.0 Å². The third-order valence-electron chi connectivity index (χ3n) is 10.8. The Hall–Kier alpha value is -4.61. The number of carbonyl (C=O) groups is 6. The monoisotopic (exact) mass is 830 g/mol. The van der Waals surface area contributed by atoms with Crippen molar-refractivity contribution in [1.29, 1.82) is 0 Å². The number of alkyl carbamates (subject to hydrolysis) is 1. The fourth-order valence-corrected chi connectivity index (χ4v) is 7.72. The van der Waals surface area contributed by atoms with Gasteiger partial charge in [0.2, 0.25) is 17.7 Å². The lowest BCUT2D eigenvalue weighted by molar-refractivity contribution is -0.142. The smallest absolute Gasteiger partial charge is 0.407 e. The van der Waals surface area contributed by atoms with Crippen LogP contribution in [0, 0.1) is 17.8 Å². The van der Waals surface area contributed by atoms with Crippen LogP contribution in [0.15, 0.2) is 29.6 Å². The Morgan fingerprint density at radius 1 is 1.09 bits per heavy atom. The van der Waals surface area contributed by atoms with Crippen LogP contribution < -0.4 is 27.0 Å². The molecular weight excluding hydrogens is 765 g/mol. The van der Waals surface area contributed by atoms with Crippen LogP contribution >= 0.6 is 11.3 Å². The first-order chi connectivity index (χ1) is 28.4. The van der Waals surface area contributed by atoms with Gasteiger partial charge in [-0.2, -0.15) is 0 Å². The molecule has 16 nitrogen and oxygen atoms in total. The molecule has 7 N–H and O–H groups in total. The second kappa shape index (κ2) is 22.0. The molecule has 5 amide bonds. The Labute approximate surface area is 349 Å². The molecule has 1 aliphatic heterocycles. The van der Waals surface area contributed by atoms with Gasteiger partial charge in [-0.15, -0.1) is 11.3 Å². The number of carbonyl (C=O) groups excluding carboxylic acids is 5. The second-order valence-corrected chi connectivity index (χ2v) is 16.4. The van der Waals surface area contributed by atoms with E-state index in [4.69, 9.17) is 13.2 Å². The molecule has 7 atom stereocenters. The van der Waals surface area contributed by atoms with Crippen LogP contribution in [0.5, 0.6) is 0 Å². The van der Waals surface area contributed by atoms with Crippen molar-refractivity contribution >= 4 is 52.7 Å². The summed E-state index contributed by atoms with van der Waals surface area (Å²) in [5.41, 5.74) is 5.57. The van der Waals surface area contributed by atoms with E-state index in [2.05, 4.69) is 26.3 Å². The number of nitrogens with zero attached hydrogens (tertiary/aromatic N) is 3. The maximum absolute atomic E-state index is 14.4. The maximum Gasteiger partial charge on any atom is 0.407 e. The summed E-state index contributed by atoms with van der Waals surface area (Å²) < 4.78 is 22.1. The van der Waals surface area contributed by atoms with E-state index in [9.17, 15) is 33.9 Å². The molecule has 0 radical (unpaired) electrons. The fourth-order valence-electron chi connectivity index (χ4n) is 6.89. The van der Waals surface area contributed by atoms with Crippen molar-refractivity contribution in [3.8, 4) is 0 Å². The molecule has 1 fully saturated rings. The number of likely N-dealkylation sites (N-methyl/N-ethyl adjacent to an activating group) is 2. The van der Waals surface area contributed by atoms with Gasteiger partial charge >= 0.3 is 12.1 Å². The first-order valence-corrected chi connectivity index (χ1v) is 20.8. The van der Waals surface area contributed by atoms with Gasteiger partial charge in [0.1, 0.15) is 16.7 Å². The molecule has 3 rings (SSSR count). The van der Waals surface area contributed by atoms with Crippen LogP contribution in [0.3, 0.4) is 0 Å². The van der Waals surface area contributed by atoms with Gasteiger partial charge in [0.05, 0.1) is 18.0 Å². The molecule has 0 unspecified atom stereocenters. The first kappa shape index (κ1) is 44.5. The van der Waals surface area contributed by atoms with Gasteiger partial charge in [-0.3, -0.25) is 28.9 Å². The Morgan fingerprint density at radius 2 is 1.79 bits per heavy atom. The number of benzene rings is 1. The predicted molar refractivity (Wildman–Crippen MR) is 223 cm³/mol. The number of ether oxygens (including phenoxy) is 1. The van der Waals surface area contributed by atoms with Crippen LogP contribution in [0.25, 0.3) is 0 Å². The number of nitrogens with two attached hydrogens (primary N) is 1. The van der Waals surface area contributed by atoms with Gasteiger partial charge in [-0.25, -0.2) is 9.78 Å². The van der Waals surface area contributed by atoms with Crippen molar-refractivity contribution in [2.24, 2.45) is 23.5 Å². The van der Waals surface area contributed by atoms with Crippen molar-refractivity contribution in [1.82, 2.24) is 30.7 Å². The molecule has 17 heteroatoms. The number of likely N-dealkylation sites (tertiary alicyclic amines) is 1. The quantitative estimate of drug-likeness (QED) is 0.105. The van der Waals surface area contributed by atoms with Gasteiger partial charge in [0.15, 0.2) is 6.10 Å². The topological polar surface area (TPSA) is 225 Å². The predicted octanol–water partition coefficient (Wildman–Crippen LogP) is 4.17. The Kier molecular flexibility index (Phi) is 16.8. The average Bonchev–Trinajstić information content (AvgIpc) is 3.90. The molecule has 58 heavy (non-hydrogen) atoms. The zero-order valence-electron chi connectivity index (χ0n) is 36.8. The number of aliphatic carboxylic acids is 1. The zero-order chi connectivity index (χ0) is 44.7. The largest absolute Gasteiger partial charge is 0.481 e. The lowest BCUT2D eigenvalue weighted by Gasteiger charge is -2.38. The first-order valence-electron chi connectivity index (χ1n) is 21.3. The molecule has 2 heterocycles. The summed E-state index contributed by atoms with van der Waals surface area (Å²) in [6, 6.07) is 4.86. The summed E-state index contributed by atoms with van der Waals surface area (Å²) in [7, 11) is 1.52. The minimum atomic E-state index is -1.19. The van der Waals surface area contributed by atoms with Gasteiger partial charge in [-0.05, 0) is 82.6 Å². The van der Waals surface area contributed by atoms with Gasteiger partial charge < -0.3 is 41.7 Å². The highest BCUT2D eigenvalue weighted by molar-refractivity contribution is 7.09. The standard InChI is InChI=1S/C41H64N8O8S/c1-10-25(5)34(47-39(55)41(7)17-12-18-48(41)8)37(52)49(9)31(24(3)4)21-32(57-40(56)43-11-2)36-46-30(23-58-36)35(51)45-29(19-26(6)38(53)54)20-27-13-15-28(16-14-27)44-33(50)22-42/h13-16,23-26,29,31-32,34H,10-12,17-22,42H2,1-9H3,(H,43,56)(H,44,50)(H,45,51)(H,47,55)(H,53,54)/t25-,26-,29+,31+,32+,34-,41-/m0/s1/i7D,8D. The van der Waals surface area contributed by atoms with E-state index in [1.807, 2.05) is 27.7 Å². The molecule has 1 aromatic carbocycles. The number of nitrogens with one attached hydrogen (secondary N) is 4. The highest BCUT2D eigenvalue weighted by atomic mass is 32.1. The van der Waals surface area contributed by atoms with Crippen molar-refractivity contribution < 1.29 is 41.4 Å². The third-order valence-corrected chi connectivity index (χ3v) is 11.7. The summed E-state index contributed by atoms with van der Waals surface area (Å²) in [6.45, 7) is 11.4.